The monoisotopic (exact) mass is 470 g/mol. The van der Waals surface area contributed by atoms with Gasteiger partial charge in [-0.05, 0) is 50.1 Å². The maximum absolute atomic E-state index is 14.2. The van der Waals surface area contributed by atoms with Gasteiger partial charge < -0.3 is 10.5 Å². The molecule has 1 aliphatic heterocycles. The molecule has 4 heterocycles. The Labute approximate surface area is 194 Å². The molecule has 1 aliphatic rings. The van der Waals surface area contributed by atoms with Gasteiger partial charge in [0.2, 0.25) is 0 Å². The maximum atomic E-state index is 14.2. The molecule has 1 fully saturated rings. The molecule has 0 bridgehead atoms. The van der Waals surface area contributed by atoms with Crippen LogP contribution in [0.2, 0.25) is 0 Å². The highest BCUT2D eigenvalue weighted by atomic mass is 19.4. The SMILES string of the molecule is CCOc1ccc2ccc(-c3nnc4ccc([C@H](N5CCC(C)(N)C5)C(F)(F)F)cn34)nc2c1. The number of alkyl halides is 3. The van der Waals surface area contributed by atoms with Crippen molar-refractivity contribution in [3.63, 3.8) is 0 Å². The van der Waals surface area contributed by atoms with E-state index in [1.54, 1.807) is 23.5 Å². The molecule has 34 heavy (non-hydrogen) atoms. The molecule has 0 aliphatic carbocycles. The fraction of sp³-hybridized carbons (Fsp3) is 0.375. The minimum atomic E-state index is -4.46. The summed E-state index contributed by atoms with van der Waals surface area (Å²) in [6, 6.07) is 10.5. The summed E-state index contributed by atoms with van der Waals surface area (Å²) in [7, 11) is 0. The highest BCUT2D eigenvalue weighted by Crippen LogP contribution is 2.41. The first kappa shape index (κ1) is 22.5. The molecule has 1 aromatic carbocycles. The van der Waals surface area contributed by atoms with Gasteiger partial charge >= 0.3 is 6.18 Å². The summed E-state index contributed by atoms with van der Waals surface area (Å²) in [6.45, 7) is 4.66. The van der Waals surface area contributed by atoms with Crippen molar-refractivity contribution in [1.29, 1.82) is 0 Å². The Kier molecular flexibility index (Phi) is 5.44. The van der Waals surface area contributed by atoms with Crippen molar-refractivity contribution < 1.29 is 17.9 Å². The fourth-order valence-electron chi connectivity index (χ4n) is 4.57. The average Bonchev–Trinajstić information content (AvgIpc) is 3.35. The zero-order valence-electron chi connectivity index (χ0n) is 18.9. The lowest BCUT2D eigenvalue weighted by molar-refractivity contribution is -0.184. The number of nitrogens with zero attached hydrogens (tertiary/aromatic N) is 5. The van der Waals surface area contributed by atoms with Crippen LogP contribution in [0.15, 0.2) is 48.7 Å². The summed E-state index contributed by atoms with van der Waals surface area (Å²) in [5.41, 5.74) is 7.23. The molecular weight excluding hydrogens is 445 g/mol. The number of hydrogen-bond donors (Lipinski definition) is 1. The Morgan fingerprint density at radius 3 is 2.65 bits per heavy atom. The van der Waals surface area contributed by atoms with Crippen LogP contribution in [0.5, 0.6) is 5.75 Å². The first-order valence-corrected chi connectivity index (χ1v) is 11.1. The number of fused-ring (bicyclic) bond motifs is 2. The predicted molar refractivity (Wildman–Crippen MR) is 122 cm³/mol. The van der Waals surface area contributed by atoms with Gasteiger partial charge in [-0.1, -0.05) is 12.1 Å². The molecule has 2 N–H and O–H groups in total. The van der Waals surface area contributed by atoms with E-state index < -0.39 is 17.8 Å². The van der Waals surface area contributed by atoms with E-state index >= 15 is 0 Å². The molecule has 1 saturated heterocycles. The number of nitrogens with two attached hydrogens (primary N) is 1. The summed E-state index contributed by atoms with van der Waals surface area (Å²) in [4.78, 5) is 6.08. The van der Waals surface area contributed by atoms with Crippen molar-refractivity contribution in [3.8, 4) is 17.3 Å². The summed E-state index contributed by atoms with van der Waals surface area (Å²) in [5, 5.41) is 9.27. The average molecular weight is 470 g/mol. The summed E-state index contributed by atoms with van der Waals surface area (Å²) >= 11 is 0. The predicted octanol–water partition coefficient (Wildman–Crippen LogP) is 4.37. The van der Waals surface area contributed by atoms with Crippen LogP contribution in [0.1, 0.15) is 31.9 Å². The van der Waals surface area contributed by atoms with E-state index in [1.807, 2.05) is 31.2 Å². The van der Waals surface area contributed by atoms with Crippen molar-refractivity contribution in [2.75, 3.05) is 19.7 Å². The van der Waals surface area contributed by atoms with Crippen LogP contribution in [0.3, 0.4) is 0 Å². The molecule has 0 radical (unpaired) electrons. The maximum Gasteiger partial charge on any atom is 0.408 e. The van der Waals surface area contributed by atoms with Crippen molar-refractivity contribution in [1.82, 2.24) is 24.5 Å². The summed E-state index contributed by atoms with van der Waals surface area (Å²) < 4.78 is 49.7. The Morgan fingerprint density at radius 1 is 1.15 bits per heavy atom. The van der Waals surface area contributed by atoms with Crippen LogP contribution in [0.4, 0.5) is 13.2 Å². The van der Waals surface area contributed by atoms with Crippen LogP contribution in [0, 0.1) is 0 Å². The standard InChI is InChI=1S/C24H25F3N6O/c1-3-34-17-7-4-15-5-8-18(29-19(15)12-17)22-31-30-20-9-6-16(13-33(20)22)21(24(25,26)27)32-11-10-23(2,28)14-32/h4-9,12-13,21H,3,10-11,14,28H2,1-2H3/t21-,23?/m0/s1. The van der Waals surface area contributed by atoms with Crippen molar-refractivity contribution in [3.05, 3.63) is 54.2 Å². The number of pyridine rings is 2. The lowest BCUT2D eigenvalue weighted by Gasteiger charge is -2.31. The minimum absolute atomic E-state index is 0.109. The van der Waals surface area contributed by atoms with E-state index in [1.165, 1.54) is 17.2 Å². The van der Waals surface area contributed by atoms with Gasteiger partial charge in [0.25, 0.3) is 0 Å². The molecule has 10 heteroatoms. The molecule has 7 nitrogen and oxygen atoms in total. The smallest absolute Gasteiger partial charge is 0.408 e. The topological polar surface area (TPSA) is 81.6 Å². The Bertz CT molecular complexity index is 1350. The number of hydrogen-bond acceptors (Lipinski definition) is 6. The quantitative estimate of drug-likeness (QED) is 0.467. The van der Waals surface area contributed by atoms with Crippen LogP contribution < -0.4 is 10.5 Å². The highest BCUT2D eigenvalue weighted by molar-refractivity contribution is 5.82. The number of aromatic nitrogens is 4. The largest absolute Gasteiger partial charge is 0.494 e. The van der Waals surface area contributed by atoms with Crippen molar-refractivity contribution in [2.45, 2.75) is 38.0 Å². The normalized spacial score (nSPS) is 20.3. The van der Waals surface area contributed by atoms with Gasteiger partial charge in [0.05, 0.1) is 12.1 Å². The Morgan fingerprint density at radius 2 is 1.94 bits per heavy atom. The second-order valence-electron chi connectivity index (χ2n) is 9.02. The third-order valence-electron chi connectivity index (χ3n) is 6.15. The number of likely N-dealkylation sites (tertiary alicyclic amines) is 1. The Hall–Kier alpha value is -3.24. The summed E-state index contributed by atoms with van der Waals surface area (Å²) in [6.07, 6.45) is -2.50. The highest BCUT2D eigenvalue weighted by Gasteiger charge is 2.48. The molecule has 0 spiro atoms. The minimum Gasteiger partial charge on any atom is -0.494 e. The second-order valence-corrected chi connectivity index (χ2v) is 9.02. The van der Waals surface area contributed by atoms with Gasteiger partial charge in [-0.3, -0.25) is 9.30 Å². The van der Waals surface area contributed by atoms with E-state index in [-0.39, 0.29) is 18.7 Å². The lowest BCUT2D eigenvalue weighted by atomic mass is 10.0. The molecule has 1 unspecified atom stereocenters. The number of benzene rings is 1. The van der Waals surface area contributed by atoms with Gasteiger partial charge in [0.15, 0.2) is 11.5 Å². The van der Waals surface area contributed by atoms with Gasteiger partial charge in [-0.25, -0.2) is 4.98 Å². The first-order valence-electron chi connectivity index (χ1n) is 11.1. The van der Waals surface area contributed by atoms with Gasteiger partial charge in [-0.15, -0.1) is 10.2 Å². The van der Waals surface area contributed by atoms with Crippen molar-refractivity contribution in [2.24, 2.45) is 5.73 Å². The molecule has 3 aromatic heterocycles. The number of halogens is 3. The third kappa shape index (κ3) is 4.19. The Balaban J connectivity index is 1.58. The van der Waals surface area contributed by atoms with E-state index in [4.69, 9.17) is 10.5 Å². The molecule has 5 rings (SSSR count). The lowest BCUT2D eigenvalue weighted by Crippen LogP contribution is -2.43. The molecule has 0 amide bonds. The zero-order chi connectivity index (χ0) is 24.1. The van der Waals surface area contributed by atoms with E-state index in [0.29, 0.717) is 41.5 Å². The van der Waals surface area contributed by atoms with Gasteiger partial charge in [0.1, 0.15) is 17.5 Å². The number of rotatable bonds is 5. The van der Waals surface area contributed by atoms with Crippen LogP contribution >= 0.6 is 0 Å². The van der Waals surface area contributed by atoms with Gasteiger partial charge in [-0.2, -0.15) is 13.2 Å². The molecule has 178 valence electrons. The van der Waals surface area contributed by atoms with E-state index in [9.17, 15) is 13.2 Å². The molecule has 4 aromatic rings. The molecule has 0 saturated carbocycles. The van der Waals surface area contributed by atoms with E-state index in [0.717, 1.165) is 5.39 Å². The van der Waals surface area contributed by atoms with E-state index in [2.05, 4.69) is 15.2 Å². The molecular formula is C24H25F3N6O. The zero-order valence-corrected chi connectivity index (χ0v) is 18.9. The van der Waals surface area contributed by atoms with Crippen LogP contribution in [-0.2, 0) is 0 Å². The van der Waals surface area contributed by atoms with Crippen molar-refractivity contribution >= 4 is 16.6 Å². The first-order chi connectivity index (χ1) is 16.1. The molecule has 2 atom stereocenters. The summed E-state index contributed by atoms with van der Waals surface area (Å²) in [5.74, 6) is 1.06. The number of ether oxygens (including phenoxy) is 1. The fourth-order valence-corrected chi connectivity index (χ4v) is 4.57. The second kappa shape index (κ2) is 8.21. The van der Waals surface area contributed by atoms with Gasteiger partial charge in [0, 0.05) is 36.3 Å². The third-order valence-corrected chi connectivity index (χ3v) is 6.15. The van der Waals surface area contributed by atoms with Crippen LogP contribution in [0.25, 0.3) is 28.1 Å². The van der Waals surface area contributed by atoms with Crippen LogP contribution in [-0.4, -0.2) is 55.9 Å².